The van der Waals surface area contributed by atoms with Crippen molar-refractivity contribution in [2.75, 3.05) is 38.1 Å². The predicted molar refractivity (Wildman–Crippen MR) is 90.0 cm³/mol. The third-order valence-corrected chi connectivity index (χ3v) is 4.91. The second kappa shape index (κ2) is 7.14. The van der Waals surface area contributed by atoms with Gasteiger partial charge in [-0.25, -0.2) is 0 Å². The highest BCUT2D eigenvalue weighted by Gasteiger charge is 2.25. The standard InChI is InChI=1S/C18H27N3O/c1-20(18(22)15-8-10-19-11-9-15)14-16-6-2-3-7-17(16)21-12-4-5-13-21/h2-3,6-7,15,19H,4-5,8-14H2,1H3. The molecular formula is C18H27N3O. The molecule has 0 atom stereocenters. The minimum Gasteiger partial charge on any atom is -0.371 e. The molecule has 0 bridgehead atoms. The van der Waals surface area contributed by atoms with Crippen LogP contribution in [0.2, 0.25) is 0 Å². The minimum absolute atomic E-state index is 0.199. The predicted octanol–water partition coefficient (Wildman–Crippen LogP) is 2.24. The highest BCUT2D eigenvalue weighted by Crippen LogP contribution is 2.26. The molecule has 0 unspecified atom stereocenters. The average Bonchev–Trinajstić information content (AvgIpc) is 3.10. The van der Waals surface area contributed by atoms with E-state index < -0.39 is 0 Å². The minimum atomic E-state index is 0.199. The van der Waals surface area contributed by atoms with Crippen LogP contribution < -0.4 is 10.2 Å². The molecule has 2 saturated heterocycles. The number of carbonyl (C=O) groups excluding carboxylic acids is 1. The average molecular weight is 301 g/mol. The van der Waals surface area contributed by atoms with Crippen LogP contribution >= 0.6 is 0 Å². The lowest BCUT2D eigenvalue weighted by molar-refractivity contribution is -0.135. The lowest BCUT2D eigenvalue weighted by Crippen LogP contribution is -2.39. The molecule has 120 valence electrons. The van der Waals surface area contributed by atoms with Crippen LogP contribution in [0.5, 0.6) is 0 Å². The van der Waals surface area contributed by atoms with Crippen LogP contribution in [-0.2, 0) is 11.3 Å². The molecule has 1 aromatic carbocycles. The van der Waals surface area contributed by atoms with Crippen molar-refractivity contribution in [1.29, 1.82) is 0 Å². The zero-order valence-corrected chi connectivity index (χ0v) is 13.6. The summed E-state index contributed by atoms with van der Waals surface area (Å²) >= 11 is 0. The largest absolute Gasteiger partial charge is 0.371 e. The van der Waals surface area contributed by atoms with Gasteiger partial charge < -0.3 is 15.1 Å². The second-order valence-electron chi connectivity index (χ2n) is 6.54. The van der Waals surface area contributed by atoms with Crippen LogP contribution in [0.15, 0.2) is 24.3 Å². The van der Waals surface area contributed by atoms with E-state index in [9.17, 15) is 4.79 Å². The van der Waals surface area contributed by atoms with Crippen LogP contribution in [0.4, 0.5) is 5.69 Å². The fourth-order valence-corrected chi connectivity index (χ4v) is 3.63. The van der Waals surface area contributed by atoms with Crippen molar-refractivity contribution in [3.05, 3.63) is 29.8 Å². The topological polar surface area (TPSA) is 35.6 Å². The number of para-hydroxylation sites is 1. The van der Waals surface area contributed by atoms with Gasteiger partial charge in [0.25, 0.3) is 0 Å². The number of rotatable bonds is 4. The Morgan fingerprint density at radius 3 is 2.64 bits per heavy atom. The summed E-state index contributed by atoms with van der Waals surface area (Å²) in [4.78, 5) is 17.0. The van der Waals surface area contributed by atoms with Crippen LogP contribution in [-0.4, -0.2) is 44.0 Å². The number of nitrogens with zero attached hydrogens (tertiary/aromatic N) is 2. The van der Waals surface area contributed by atoms with Gasteiger partial charge in [0.15, 0.2) is 0 Å². The Hall–Kier alpha value is -1.55. The van der Waals surface area contributed by atoms with Gasteiger partial charge in [-0.3, -0.25) is 4.79 Å². The number of hydrogen-bond acceptors (Lipinski definition) is 3. The van der Waals surface area contributed by atoms with Gasteiger partial charge >= 0.3 is 0 Å². The van der Waals surface area contributed by atoms with E-state index in [4.69, 9.17) is 0 Å². The molecule has 1 N–H and O–H groups in total. The van der Waals surface area contributed by atoms with Crippen LogP contribution in [0.25, 0.3) is 0 Å². The van der Waals surface area contributed by atoms with E-state index in [-0.39, 0.29) is 5.92 Å². The SMILES string of the molecule is CN(Cc1ccccc1N1CCCC1)C(=O)C1CCNCC1. The van der Waals surface area contributed by atoms with Crippen molar-refractivity contribution in [2.45, 2.75) is 32.2 Å². The van der Waals surface area contributed by atoms with E-state index in [0.29, 0.717) is 5.91 Å². The summed E-state index contributed by atoms with van der Waals surface area (Å²) in [5.41, 5.74) is 2.58. The zero-order valence-electron chi connectivity index (χ0n) is 13.6. The molecule has 1 amide bonds. The van der Waals surface area contributed by atoms with Gasteiger partial charge in [-0.1, -0.05) is 18.2 Å². The van der Waals surface area contributed by atoms with E-state index in [1.165, 1.54) is 24.1 Å². The van der Waals surface area contributed by atoms with E-state index in [0.717, 1.165) is 45.6 Å². The smallest absolute Gasteiger partial charge is 0.225 e. The van der Waals surface area contributed by atoms with E-state index in [2.05, 4.69) is 34.5 Å². The summed E-state index contributed by atoms with van der Waals surface area (Å²) < 4.78 is 0. The number of amides is 1. The maximum atomic E-state index is 12.6. The summed E-state index contributed by atoms with van der Waals surface area (Å²) in [6.45, 7) is 4.94. The molecule has 0 aromatic heterocycles. The highest BCUT2D eigenvalue weighted by molar-refractivity contribution is 5.79. The number of hydrogen-bond donors (Lipinski definition) is 1. The van der Waals surface area contributed by atoms with E-state index in [1.807, 2.05) is 11.9 Å². The van der Waals surface area contributed by atoms with Gasteiger partial charge in [0, 0.05) is 38.3 Å². The molecule has 2 heterocycles. The Morgan fingerprint density at radius 1 is 1.23 bits per heavy atom. The van der Waals surface area contributed by atoms with Crippen molar-refractivity contribution in [3.8, 4) is 0 Å². The molecular weight excluding hydrogens is 274 g/mol. The summed E-state index contributed by atoms with van der Waals surface area (Å²) in [6, 6.07) is 8.55. The molecule has 0 radical (unpaired) electrons. The molecule has 3 rings (SSSR count). The number of nitrogens with one attached hydrogen (secondary N) is 1. The van der Waals surface area contributed by atoms with Gasteiger partial charge in [-0.2, -0.15) is 0 Å². The van der Waals surface area contributed by atoms with E-state index >= 15 is 0 Å². The third kappa shape index (κ3) is 3.43. The first-order valence-corrected chi connectivity index (χ1v) is 8.54. The molecule has 4 heteroatoms. The first kappa shape index (κ1) is 15.3. The van der Waals surface area contributed by atoms with Gasteiger partial charge in [0.05, 0.1) is 0 Å². The molecule has 2 aliphatic rings. The molecule has 4 nitrogen and oxygen atoms in total. The number of carbonyl (C=O) groups is 1. The van der Waals surface area contributed by atoms with Gasteiger partial charge in [0.1, 0.15) is 0 Å². The molecule has 22 heavy (non-hydrogen) atoms. The molecule has 1 aromatic rings. The molecule has 0 saturated carbocycles. The van der Waals surface area contributed by atoms with Crippen molar-refractivity contribution < 1.29 is 4.79 Å². The number of piperidine rings is 1. The van der Waals surface area contributed by atoms with Crippen LogP contribution in [0.3, 0.4) is 0 Å². The Morgan fingerprint density at radius 2 is 1.91 bits per heavy atom. The normalized spacial score (nSPS) is 19.4. The lowest BCUT2D eigenvalue weighted by Gasteiger charge is -2.28. The Balaban J connectivity index is 1.68. The van der Waals surface area contributed by atoms with Crippen molar-refractivity contribution in [2.24, 2.45) is 5.92 Å². The summed E-state index contributed by atoms with van der Waals surface area (Å²) in [5, 5.41) is 3.33. The van der Waals surface area contributed by atoms with E-state index in [1.54, 1.807) is 0 Å². The Kier molecular flexibility index (Phi) is 4.98. The highest BCUT2D eigenvalue weighted by atomic mass is 16.2. The first-order valence-electron chi connectivity index (χ1n) is 8.54. The first-order chi connectivity index (χ1) is 10.8. The quantitative estimate of drug-likeness (QED) is 0.926. The maximum Gasteiger partial charge on any atom is 0.225 e. The summed E-state index contributed by atoms with van der Waals surface area (Å²) in [7, 11) is 1.95. The molecule has 0 aliphatic carbocycles. The van der Waals surface area contributed by atoms with Crippen molar-refractivity contribution in [3.63, 3.8) is 0 Å². The second-order valence-corrected chi connectivity index (χ2v) is 6.54. The summed E-state index contributed by atoms with van der Waals surface area (Å²) in [5.74, 6) is 0.503. The Bertz CT molecular complexity index is 505. The number of anilines is 1. The van der Waals surface area contributed by atoms with Crippen LogP contribution in [0.1, 0.15) is 31.2 Å². The Labute approximate surface area is 133 Å². The molecule has 0 spiro atoms. The lowest BCUT2D eigenvalue weighted by atomic mass is 9.96. The van der Waals surface area contributed by atoms with Gasteiger partial charge in [-0.05, 0) is 50.4 Å². The maximum absolute atomic E-state index is 12.6. The van der Waals surface area contributed by atoms with Crippen molar-refractivity contribution in [1.82, 2.24) is 10.2 Å². The molecule has 2 fully saturated rings. The van der Waals surface area contributed by atoms with Crippen molar-refractivity contribution >= 4 is 11.6 Å². The fraction of sp³-hybridized carbons (Fsp3) is 0.611. The zero-order chi connectivity index (χ0) is 15.4. The van der Waals surface area contributed by atoms with Gasteiger partial charge in [-0.15, -0.1) is 0 Å². The summed E-state index contributed by atoms with van der Waals surface area (Å²) in [6.07, 6.45) is 4.49. The third-order valence-electron chi connectivity index (χ3n) is 4.91. The van der Waals surface area contributed by atoms with Crippen LogP contribution in [0, 0.1) is 5.92 Å². The van der Waals surface area contributed by atoms with Gasteiger partial charge in [0.2, 0.25) is 5.91 Å². The molecule has 2 aliphatic heterocycles. The monoisotopic (exact) mass is 301 g/mol. The fourth-order valence-electron chi connectivity index (χ4n) is 3.63. The number of benzene rings is 1.